The highest BCUT2D eigenvalue weighted by Gasteiger charge is 2.19. The number of hydrogen-bond acceptors (Lipinski definition) is 1. The number of rotatable bonds is 3. The van der Waals surface area contributed by atoms with Crippen LogP contribution in [0, 0.1) is 0 Å². The predicted molar refractivity (Wildman–Crippen MR) is 57.1 cm³/mol. The van der Waals surface area contributed by atoms with Crippen LogP contribution in [-0.2, 0) is 0 Å². The molecule has 0 aromatic rings. The van der Waals surface area contributed by atoms with Crippen molar-refractivity contribution in [3.63, 3.8) is 0 Å². The lowest BCUT2D eigenvalue weighted by Gasteiger charge is -2.31. The van der Waals surface area contributed by atoms with E-state index in [1.807, 2.05) is 0 Å². The summed E-state index contributed by atoms with van der Waals surface area (Å²) in [6.07, 6.45) is 0. The molecular weight excluding hydrogens is 226 g/mol. The molecule has 9 heavy (non-hydrogen) atoms. The van der Waals surface area contributed by atoms with Crippen molar-refractivity contribution in [2.45, 2.75) is 26.2 Å². The second-order valence-corrected chi connectivity index (χ2v) is 14.2. The quantitative estimate of drug-likeness (QED) is 0.519. The lowest BCUT2D eigenvalue weighted by atomic mass is 11.8. The average molecular weight is 242 g/mol. The molecule has 0 saturated carbocycles. The molecule has 0 fully saturated rings. The van der Waals surface area contributed by atoms with E-state index in [0.717, 1.165) is 0 Å². The van der Waals surface area contributed by atoms with Gasteiger partial charge in [-0.1, -0.05) is 26.2 Å². The van der Waals surface area contributed by atoms with Crippen LogP contribution in [0.3, 0.4) is 0 Å². The fraction of sp³-hybridized carbons (Fsp3) is 1.00. The lowest BCUT2D eigenvalue weighted by molar-refractivity contribution is 1.04. The van der Waals surface area contributed by atoms with Gasteiger partial charge in [-0.2, -0.15) is 0 Å². The standard InChI is InChI=1S/C4H16BrNSi3/c1-7-6(8-5)9(2,3)4/h7-8H2,1-4H3. The van der Waals surface area contributed by atoms with E-state index in [2.05, 4.69) is 45.4 Å². The van der Waals surface area contributed by atoms with Crippen molar-refractivity contribution < 1.29 is 0 Å². The number of nitrogens with zero attached hydrogens (tertiary/aromatic N) is 1. The molecule has 0 unspecified atom stereocenters. The summed E-state index contributed by atoms with van der Waals surface area (Å²) >= 11 is 3.65. The van der Waals surface area contributed by atoms with Gasteiger partial charge in [0.2, 0.25) is 0 Å². The Labute approximate surface area is 71.7 Å². The first kappa shape index (κ1) is 10.1. The monoisotopic (exact) mass is 241 g/mol. The van der Waals surface area contributed by atoms with Crippen LogP contribution >= 0.6 is 15.3 Å². The Kier molecular flexibility index (Phi) is 4.56. The minimum Gasteiger partial charge on any atom is -0.370 e. The summed E-state index contributed by atoms with van der Waals surface area (Å²) in [4.78, 5) is 0. The van der Waals surface area contributed by atoms with E-state index in [9.17, 15) is 0 Å². The zero-order valence-electron chi connectivity index (χ0n) is 6.74. The minimum absolute atomic E-state index is 0.00694. The largest absolute Gasteiger partial charge is 0.370 e. The third kappa shape index (κ3) is 3.72. The number of hydrogen-bond donors (Lipinski definition) is 0. The van der Waals surface area contributed by atoms with Crippen LogP contribution < -0.4 is 0 Å². The van der Waals surface area contributed by atoms with Gasteiger partial charge in [0.15, 0.2) is 8.30 Å². The first-order valence-electron chi connectivity index (χ1n) is 3.33. The fourth-order valence-corrected chi connectivity index (χ4v) is 16.6. The topological polar surface area (TPSA) is 3.24 Å². The van der Waals surface area contributed by atoms with E-state index in [1.54, 1.807) is 0 Å². The van der Waals surface area contributed by atoms with Crippen LogP contribution in [0.5, 0.6) is 0 Å². The van der Waals surface area contributed by atoms with Crippen LogP contribution in [-0.4, -0.2) is 30.1 Å². The SMILES string of the molecule is C[SiH2]N([SiH2]Br)[Si](C)(C)C. The van der Waals surface area contributed by atoms with Gasteiger partial charge in [0.05, 0.1) is 9.68 Å². The molecule has 0 aromatic carbocycles. The third-order valence-electron chi connectivity index (χ3n) is 1.47. The molecule has 0 atom stereocenters. The van der Waals surface area contributed by atoms with Crippen molar-refractivity contribution in [1.29, 1.82) is 0 Å². The first-order chi connectivity index (χ1) is 4.02. The molecule has 0 N–H and O–H groups in total. The van der Waals surface area contributed by atoms with Crippen LogP contribution in [0.4, 0.5) is 0 Å². The van der Waals surface area contributed by atoms with E-state index < -0.39 is 8.24 Å². The normalized spacial score (nSPS) is 15.3. The summed E-state index contributed by atoms with van der Waals surface area (Å²) in [5.74, 6) is 0. The Morgan fingerprint density at radius 1 is 1.33 bits per heavy atom. The van der Waals surface area contributed by atoms with Crippen LogP contribution in [0.15, 0.2) is 0 Å². The maximum absolute atomic E-state index is 3.65. The van der Waals surface area contributed by atoms with E-state index in [4.69, 9.17) is 0 Å². The highest BCUT2D eigenvalue weighted by molar-refractivity contribution is 9.23. The van der Waals surface area contributed by atoms with E-state index in [1.165, 1.54) is 0 Å². The van der Waals surface area contributed by atoms with Gasteiger partial charge in [0, 0.05) is 0 Å². The van der Waals surface area contributed by atoms with E-state index in [-0.39, 0.29) is 18.0 Å². The van der Waals surface area contributed by atoms with Crippen molar-refractivity contribution in [1.82, 2.24) is 3.90 Å². The minimum atomic E-state index is -0.877. The second-order valence-electron chi connectivity index (χ2n) is 3.15. The van der Waals surface area contributed by atoms with Crippen LogP contribution in [0.1, 0.15) is 0 Å². The third-order valence-corrected chi connectivity index (χ3v) is 18.7. The van der Waals surface area contributed by atoms with Gasteiger partial charge in [-0.15, -0.1) is 15.3 Å². The van der Waals surface area contributed by atoms with Gasteiger partial charge >= 0.3 is 0 Å². The summed E-state index contributed by atoms with van der Waals surface area (Å²) in [6.45, 7) is 9.67. The summed E-state index contributed by atoms with van der Waals surface area (Å²) in [6, 6.07) is 0. The van der Waals surface area contributed by atoms with Crippen LogP contribution in [0.25, 0.3) is 0 Å². The molecule has 56 valence electrons. The molecule has 0 aliphatic rings. The van der Waals surface area contributed by atoms with Crippen molar-refractivity contribution in [2.75, 3.05) is 0 Å². The van der Waals surface area contributed by atoms with Crippen molar-refractivity contribution >= 4 is 41.5 Å². The Hall–Kier alpha value is 1.09. The molecule has 1 nitrogen and oxygen atoms in total. The predicted octanol–water partition coefficient (Wildman–Crippen LogP) is 0.649. The van der Waals surface area contributed by atoms with E-state index >= 15 is 0 Å². The Morgan fingerprint density at radius 3 is 1.78 bits per heavy atom. The summed E-state index contributed by atoms with van der Waals surface area (Å²) in [5.41, 5.74) is 0. The summed E-state index contributed by atoms with van der Waals surface area (Å²) in [7, 11) is -0.750. The van der Waals surface area contributed by atoms with Gasteiger partial charge in [-0.05, 0) is 0 Å². The van der Waals surface area contributed by atoms with Crippen LogP contribution in [0.2, 0.25) is 26.2 Å². The average Bonchev–Trinajstić information content (AvgIpc) is 1.65. The van der Waals surface area contributed by atoms with Gasteiger partial charge in [-0.3, -0.25) is 0 Å². The van der Waals surface area contributed by atoms with Gasteiger partial charge in [-0.25, -0.2) is 0 Å². The molecule has 0 amide bonds. The molecule has 0 rings (SSSR count). The molecule has 0 radical (unpaired) electrons. The first-order valence-corrected chi connectivity index (χ1v) is 13.4. The molecule has 0 saturated heterocycles. The molecule has 0 aromatic heterocycles. The molecule has 0 aliphatic heterocycles. The molecule has 0 bridgehead atoms. The zero-order valence-corrected chi connectivity index (χ0v) is 12.2. The lowest BCUT2D eigenvalue weighted by Crippen LogP contribution is -2.47. The Morgan fingerprint density at radius 2 is 1.78 bits per heavy atom. The highest BCUT2D eigenvalue weighted by atomic mass is 79.9. The van der Waals surface area contributed by atoms with Gasteiger partial charge in [0.25, 0.3) is 0 Å². The maximum Gasteiger partial charge on any atom is 0.157 e. The molecule has 5 heteroatoms. The zero-order chi connectivity index (χ0) is 7.49. The number of halogens is 1. The van der Waals surface area contributed by atoms with Gasteiger partial charge < -0.3 is 3.90 Å². The van der Waals surface area contributed by atoms with Crippen molar-refractivity contribution in [3.05, 3.63) is 0 Å². The van der Waals surface area contributed by atoms with Crippen molar-refractivity contribution in [3.8, 4) is 0 Å². The van der Waals surface area contributed by atoms with E-state index in [0.29, 0.717) is 0 Å². The molecular formula is C4H16BrNSi3. The molecule has 0 aliphatic carbocycles. The Balaban J connectivity index is 3.79. The molecule has 0 heterocycles. The highest BCUT2D eigenvalue weighted by Crippen LogP contribution is 2.06. The second kappa shape index (κ2) is 4.07. The van der Waals surface area contributed by atoms with Crippen molar-refractivity contribution in [2.24, 2.45) is 0 Å². The summed E-state index contributed by atoms with van der Waals surface area (Å²) in [5, 5.41) is 0. The van der Waals surface area contributed by atoms with Gasteiger partial charge in [0.1, 0.15) is 8.24 Å². The maximum atomic E-state index is 3.65. The summed E-state index contributed by atoms with van der Waals surface area (Å²) < 4.78 is 2.77. The Bertz CT molecular complexity index is 78.4. The smallest absolute Gasteiger partial charge is 0.157 e. The fourth-order valence-electron chi connectivity index (χ4n) is 0.738. The molecule has 0 spiro atoms.